The van der Waals surface area contributed by atoms with Gasteiger partial charge in [-0.15, -0.1) is 0 Å². The highest BCUT2D eigenvalue weighted by Gasteiger charge is 2.13. The number of hydrogen-bond acceptors (Lipinski definition) is 2. The molecule has 1 unspecified atom stereocenters. The van der Waals surface area contributed by atoms with E-state index in [4.69, 9.17) is 0 Å². The quantitative estimate of drug-likeness (QED) is 0.852. The van der Waals surface area contributed by atoms with Crippen LogP contribution in [0.25, 0.3) is 0 Å². The number of nitrogens with zero attached hydrogens (tertiary/aromatic N) is 2. The van der Waals surface area contributed by atoms with Gasteiger partial charge in [0, 0.05) is 24.7 Å². The van der Waals surface area contributed by atoms with Crippen molar-refractivity contribution in [1.29, 1.82) is 0 Å². The fraction of sp³-hybridized carbons (Fsp3) is 0.308. The fourth-order valence-electron chi connectivity index (χ4n) is 1.79. The molecular weight excluding hydrogens is 200 g/mol. The third-order valence-corrected chi connectivity index (χ3v) is 2.90. The number of aryl methyl sites for hydroxylation is 1. The van der Waals surface area contributed by atoms with E-state index in [9.17, 15) is 5.11 Å². The van der Waals surface area contributed by atoms with Crippen LogP contribution in [0.3, 0.4) is 0 Å². The van der Waals surface area contributed by atoms with Crippen LogP contribution in [0.1, 0.15) is 22.9 Å². The molecular formula is C13H16N2O. The number of hydrogen-bond donors (Lipinski definition) is 1. The predicted octanol–water partition coefficient (Wildman–Crippen LogP) is 2.00. The standard InChI is InChI=1S/C13H16N2O/c1-10-12(9-14-15(10)2)13(16)8-11-6-4-3-5-7-11/h3-7,9,13,16H,8H2,1-2H3. The predicted molar refractivity (Wildman–Crippen MR) is 63.1 cm³/mol. The molecule has 1 aromatic carbocycles. The van der Waals surface area contributed by atoms with Gasteiger partial charge in [-0.2, -0.15) is 5.10 Å². The Balaban J connectivity index is 2.15. The van der Waals surface area contributed by atoms with Crippen LogP contribution in [0.5, 0.6) is 0 Å². The number of aliphatic hydroxyl groups excluding tert-OH is 1. The van der Waals surface area contributed by atoms with E-state index in [1.165, 1.54) is 0 Å². The molecule has 0 radical (unpaired) electrons. The lowest BCUT2D eigenvalue weighted by Crippen LogP contribution is -2.03. The summed E-state index contributed by atoms with van der Waals surface area (Å²) in [5.41, 5.74) is 3.06. The minimum atomic E-state index is -0.476. The number of aromatic nitrogens is 2. The zero-order valence-electron chi connectivity index (χ0n) is 9.59. The van der Waals surface area contributed by atoms with Gasteiger partial charge < -0.3 is 5.11 Å². The number of benzene rings is 1. The molecule has 0 aliphatic carbocycles. The van der Waals surface area contributed by atoms with Crippen LogP contribution >= 0.6 is 0 Å². The van der Waals surface area contributed by atoms with E-state index < -0.39 is 6.10 Å². The molecule has 3 heteroatoms. The van der Waals surface area contributed by atoms with Crippen molar-refractivity contribution in [3.8, 4) is 0 Å². The maximum Gasteiger partial charge on any atom is 0.0863 e. The summed E-state index contributed by atoms with van der Waals surface area (Å²) in [5.74, 6) is 0. The van der Waals surface area contributed by atoms with Crippen molar-refractivity contribution in [2.45, 2.75) is 19.4 Å². The Hall–Kier alpha value is -1.61. The average molecular weight is 216 g/mol. The topological polar surface area (TPSA) is 38.1 Å². The van der Waals surface area contributed by atoms with Gasteiger partial charge in [0.1, 0.15) is 0 Å². The van der Waals surface area contributed by atoms with Crippen LogP contribution in [0.2, 0.25) is 0 Å². The molecule has 0 aliphatic heterocycles. The molecule has 0 amide bonds. The number of aliphatic hydroxyl groups is 1. The molecule has 0 bridgehead atoms. The van der Waals surface area contributed by atoms with Crippen LogP contribution in [-0.2, 0) is 13.5 Å². The lowest BCUT2D eigenvalue weighted by molar-refractivity contribution is 0.177. The summed E-state index contributed by atoms with van der Waals surface area (Å²) in [5, 5.41) is 14.3. The van der Waals surface area contributed by atoms with Crippen molar-refractivity contribution in [2.24, 2.45) is 7.05 Å². The van der Waals surface area contributed by atoms with Crippen molar-refractivity contribution >= 4 is 0 Å². The van der Waals surface area contributed by atoms with E-state index in [0.29, 0.717) is 6.42 Å². The molecule has 0 aliphatic rings. The van der Waals surface area contributed by atoms with Gasteiger partial charge in [0.2, 0.25) is 0 Å². The normalized spacial score (nSPS) is 12.7. The lowest BCUT2D eigenvalue weighted by atomic mass is 10.0. The van der Waals surface area contributed by atoms with Gasteiger partial charge in [0.05, 0.1) is 12.3 Å². The highest BCUT2D eigenvalue weighted by atomic mass is 16.3. The highest BCUT2D eigenvalue weighted by Crippen LogP contribution is 2.20. The van der Waals surface area contributed by atoms with E-state index in [0.717, 1.165) is 16.8 Å². The third-order valence-electron chi connectivity index (χ3n) is 2.90. The van der Waals surface area contributed by atoms with E-state index in [1.54, 1.807) is 10.9 Å². The smallest absolute Gasteiger partial charge is 0.0863 e. The first kappa shape index (κ1) is 10.9. The Labute approximate surface area is 95.3 Å². The third kappa shape index (κ3) is 2.14. The second-order valence-corrected chi connectivity index (χ2v) is 4.01. The van der Waals surface area contributed by atoms with Crippen LogP contribution in [0.15, 0.2) is 36.5 Å². The molecule has 0 saturated heterocycles. The van der Waals surface area contributed by atoms with Crippen molar-refractivity contribution in [3.63, 3.8) is 0 Å². The van der Waals surface area contributed by atoms with E-state index in [2.05, 4.69) is 5.10 Å². The molecule has 1 N–H and O–H groups in total. The summed E-state index contributed by atoms with van der Waals surface area (Å²) in [4.78, 5) is 0. The second-order valence-electron chi connectivity index (χ2n) is 4.01. The Morgan fingerprint density at radius 3 is 2.56 bits per heavy atom. The van der Waals surface area contributed by atoms with Gasteiger partial charge in [-0.3, -0.25) is 4.68 Å². The summed E-state index contributed by atoms with van der Waals surface area (Å²) in [6.45, 7) is 1.97. The monoisotopic (exact) mass is 216 g/mol. The minimum Gasteiger partial charge on any atom is -0.388 e. The fourth-order valence-corrected chi connectivity index (χ4v) is 1.79. The van der Waals surface area contributed by atoms with Gasteiger partial charge in [-0.1, -0.05) is 30.3 Å². The van der Waals surface area contributed by atoms with Crippen LogP contribution in [0.4, 0.5) is 0 Å². The minimum absolute atomic E-state index is 0.476. The molecule has 84 valence electrons. The molecule has 2 aromatic rings. The molecule has 1 atom stereocenters. The van der Waals surface area contributed by atoms with E-state index in [1.807, 2.05) is 44.3 Å². The molecule has 0 spiro atoms. The Bertz CT molecular complexity index is 462. The van der Waals surface area contributed by atoms with Gasteiger partial charge >= 0.3 is 0 Å². The largest absolute Gasteiger partial charge is 0.388 e. The summed E-state index contributed by atoms with van der Waals surface area (Å²) in [6, 6.07) is 9.99. The van der Waals surface area contributed by atoms with Gasteiger partial charge in [0.15, 0.2) is 0 Å². The van der Waals surface area contributed by atoms with Gasteiger partial charge in [-0.25, -0.2) is 0 Å². The molecule has 1 aromatic heterocycles. The zero-order valence-corrected chi connectivity index (χ0v) is 9.59. The first-order valence-corrected chi connectivity index (χ1v) is 5.39. The van der Waals surface area contributed by atoms with Crippen LogP contribution < -0.4 is 0 Å². The highest BCUT2D eigenvalue weighted by molar-refractivity contribution is 5.23. The molecule has 16 heavy (non-hydrogen) atoms. The van der Waals surface area contributed by atoms with E-state index in [-0.39, 0.29) is 0 Å². The Morgan fingerprint density at radius 1 is 1.31 bits per heavy atom. The second kappa shape index (κ2) is 4.49. The maximum absolute atomic E-state index is 10.1. The zero-order chi connectivity index (χ0) is 11.5. The van der Waals surface area contributed by atoms with Crippen LogP contribution in [0, 0.1) is 6.92 Å². The molecule has 2 rings (SSSR count). The van der Waals surface area contributed by atoms with Crippen molar-refractivity contribution in [3.05, 3.63) is 53.3 Å². The van der Waals surface area contributed by atoms with Crippen LogP contribution in [-0.4, -0.2) is 14.9 Å². The first-order valence-electron chi connectivity index (χ1n) is 5.39. The maximum atomic E-state index is 10.1. The van der Waals surface area contributed by atoms with E-state index >= 15 is 0 Å². The average Bonchev–Trinajstić information content (AvgIpc) is 2.61. The summed E-state index contributed by atoms with van der Waals surface area (Å²) >= 11 is 0. The van der Waals surface area contributed by atoms with Gasteiger partial charge in [0.25, 0.3) is 0 Å². The summed E-state index contributed by atoms with van der Waals surface area (Å²) in [6.07, 6.45) is 1.90. The molecule has 3 nitrogen and oxygen atoms in total. The first-order chi connectivity index (χ1) is 7.68. The van der Waals surface area contributed by atoms with Crippen molar-refractivity contribution in [1.82, 2.24) is 9.78 Å². The Kier molecular flexibility index (Phi) is 3.06. The Morgan fingerprint density at radius 2 is 2.00 bits per heavy atom. The summed E-state index contributed by atoms with van der Waals surface area (Å²) in [7, 11) is 1.88. The van der Waals surface area contributed by atoms with Gasteiger partial charge in [-0.05, 0) is 12.5 Å². The summed E-state index contributed by atoms with van der Waals surface area (Å²) < 4.78 is 1.78. The lowest BCUT2D eigenvalue weighted by Gasteiger charge is -2.10. The molecule has 0 saturated carbocycles. The van der Waals surface area contributed by atoms with Crippen molar-refractivity contribution < 1.29 is 5.11 Å². The SMILES string of the molecule is Cc1c(C(O)Cc2ccccc2)cnn1C. The molecule has 1 heterocycles. The number of rotatable bonds is 3. The molecule has 0 fully saturated rings. The van der Waals surface area contributed by atoms with Crippen molar-refractivity contribution in [2.75, 3.05) is 0 Å².